The third-order valence-electron chi connectivity index (χ3n) is 4.73. The van der Waals surface area contributed by atoms with Crippen LogP contribution in [-0.2, 0) is 0 Å². The lowest BCUT2D eigenvalue weighted by atomic mass is 10.1. The zero-order valence-electron chi connectivity index (χ0n) is 14.6. The number of fused-ring (bicyclic) bond motifs is 1. The lowest BCUT2D eigenvalue weighted by Crippen LogP contribution is -2.43. The molecule has 2 heterocycles. The number of piperazine rings is 1. The van der Waals surface area contributed by atoms with Crippen molar-refractivity contribution in [3.63, 3.8) is 0 Å². The first-order chi connectivity index (χ1) is 13.0. The average Bonchev–Trinajstić information content (AvgIpc) is 3.48. The summed E-state index contributed by atoms with van der Waals surface area (Å²) in [5, 5.41) is 23.9. The monoisotopic (exact) mass is 373 g/mol. The number of hydrogen-bond acceptors (Lipinski definition) is 6. The second-order valence-electron chi connectivity index (χ2n) is 6.50. The molecule has 1 aromatic carbocycles. The van der Waals surface area contributed by atoms with Crippen molar-refractivity contribution in [3.8, 4) is 0 Å². The quantitative estimate of drug-likeness (QED) is 0.612. The Bertz CT molecular complexity index is 971. The van der Waals surface area contributed by atoms with Crippen molar-refractivity contribution in [2.45, 2.75) is 18.9 Å². The van der Waals surface area contributed by atoms with E-state index in [1.54, 1.807) is 6.07 Å². The van der Waals surface area contributed by atoms with Gasteiger partial charge in [0.1, 0.15) is 11.4 Å². The molecule has 4 N–H and O–H groups in total. The summed E-state index contributed by atoms with van der Waals surface area (Å²) < 4.78 is 16.4. The van der Waals surface area contributed by atoms with Crippen LogP contribution in [-0.4, -0.2) is 47.8 Å². The molecule has 0 spiro atoms. The highest BCUT2D eigenvalue weighted by Gasteiger charge is 2.28. The number of carboxylic acids is 1. The first-order valence-electron chi connectivity index (χ1n) is 8.63. The zero-order valence-corrected chi connectivity index (χ0v) is 14.6. The Morgan fingerprint density at radius 2 is 1.89 bits per heavy atom. The van der Waals surface area contributed by atoms with Gasteiger partial charge in [-0.2, -0.15) is 0 Å². The van der Waals surface area contributed by atoms with Crippen molar-refractivity contribution in [1.82, 2.24) is 9.88 Å². The van der Waals surface area contributed by atoms with Crippen LogP contribution < -0.4 is 15.6 Å². The summed E-state index contributed by atoms with van der Waals surface area (Å²) in [6, 6.07) is 4.33. The summed E-state index contributed by atoms with van der Waals surface area (Å²) in [6.07, 6.45) is 3.29. The molecule has 2 aliphatic rings. The number of halogens is 1. The molecule has 0 amide bonds. The summed E-state index contributed by atoms with van der Waals surface area (Å²) in [5.74, 6) is -1.76. The molecule has 27 heavy (non-hydrogen) atoms. The Kier molecular flexibility index (Phi) is 5.34. The molecular formula is C18H20FN5O3. The molecule has 1 saturated heterocycles. The van der Waals surface area contributed by atoms with Gasteiger partial charge in [0.25, 0.3) is 0 Å². The van der Waals surface area contributed by atoms with E-state index in [4.69, 9.17) is 10.8 Å². The number of hydrogen-bond donors (Lipinski definition) is 4. The van der Waals surface area contributed by atoms with E-state index in [0.29, 0.717) is 24.3 Å². The van der Waals surface area contributed by atoms with E-state index in [0.717, 1.165) is 25.9 Å². The summed E-state index contributed by atoms with van der Waals surface area (Å²) in [6.45, 7) is 2.96. The molecular weight excluding hydrogens is 353 g/mol. The first kappa shape index (κ1) is 18.8. The number of pyridine rings is 1. The minimum Gasteiger partial charge on any atom is -0.477 e. The number of benzene rings is 1. The van der Waals surface area contributed by atoms with Crippen LogP contribution in [0, 0.1) is 16.6 Å². The molecule has 1 saturated carbocycles. The minimum atomic E-state index is -1.28. The maximum atomic E-state index is 14.6. The number of aromatic carboxylic acids is 1. The van der Waals surface area contributed by atoms with Gasteiger partial charge in [-0.3, -0.25) is 4.79 Å². The second-order valence-corrected chi connectivity index (χ2v) is 6.50. The average molecular weight is 373 g/mol. The first-order valence-corrected chi connectivity index (χ1v) is 8.63. The van der Waals surface area contributed by atoms with Crippen molar-refractivity contribution in [3.05, 3.63) is 39.9 Å². The number of nitrogens with one attached hydrogen (secondary N) is 3. The fourth-order valence-corrected chi connectivity index (χ4v) is 3.31. The van der Waals surface area contributed by atoms with Crippen LogP contribution >= 0.6 is 0 Å². The Morgan fingerprint density at radius 3 is 2.44 bits per heavy atom. The summed E-state index contributed by atoms with van der Waals surface area (Å²) in [7, 11) is 0. The van der Waals surface area contributed by atoms with Gasteiger partial charge in [-0.15, -0.1) is 0 Å². The molecule has 1 aliphatic heterocycles. The van der Waals surface area contributed by atoms with Crippen molar-refractivity contribution in [1.29, 1.82) is 10.8 Å². The predicted octanol–water partition coefficient (Wildman–Crippen LogP) is 1.90. The number of rotatable bonds is 3. The smallest absolute Gasteiger partial charge is 0.341 e. The lowest BCUT2D eigenvalue weighted by molar-refractivity contribution is 0.0695. The van der Waals surface area contributed by atoms with Gasteiger partial charge in [0.15, 0.2) is 0 Å². The maximum Gasteiger partial charge on any atom is 0.341 e. The molecule has 1 aromatic heterocycles. The molecule has 9 heteroatoms. The summed E-state index contributed by atoms with van der Waals surface area (Å²) in [4.78, 5) is 25.7. The fourth-order valence-electron chi connectivity index (χ4n) is 3.31. The van der Waals surface area contributed by atoms with Crippen molar-refractivity contribution in [2.75, 3.05) is 31.1 Å². The summed E-state index contributed by atoms with van der Waals surface area (Å²) >= 11 is 0. The third-order valence-corrected chi connectivity index (χ3v) is 4.73. The molecule has 2 aromatic rings. The highest BCUT2D eigenvalue weighted by atomic mass is 19.1. The van der Waals surface area contributed by atoms with Crippen molar-refractivity contribution < 1.29 is 14.3 Å². The van der Waals surface area contributed by atoms with Crippen LogP contribution in [0.3, 0.4) is 0 Å². The van der Waals surface area contributed by atoms with Gasteiger partial charge in [-0.25, -0.2) is 20.0 Å². The number of anilines is 1. The van der Waals surface area contributed by atoms with Gasteiger partial charge in [0.05, 0.1) is 17.2 Å². The van der Waals surface area contributed by atoms with Crippen LogP contribution in [0.25, 0.3) is 10.9 Å². The standard InChI is InChI=1S/C17H18FN3O3.CH2N2/c18-13-7-11-14(8-15(13)20-5-3-19-4-6-20)21(10-1-2-10)9-12(16(11)22)17(23)24;2-1-3/h7-10,19H,1-6H2,(H,23,24);2-3H. The van der Waals surface area contributed by atoms with Crippen LogP contribution in [0.4, 0.5) is 10.1 Å². The predicted molar refractivity (Wildman–Crippen MR) is 98.9 cm³/mol. The highest BCUT2D eigenvalue weighted by Crippen LogP contribution is 2.38. The normalized spacial score (nSPS) is 16.4. The van der Waals surface area contributed by atoms with Gasteiger partial charge in [-0.05, 0) is 25.0 Å². The topological polar surface area (TPSA) is 122 Å². The van der Waals surface area contributed by atoms with E-state index in [9.17, 15) is 19.1 Å². The largest absolute Gasteiger partial charge is 0.477 e. The SMILES string of the molecule is N=C=N.O=C(O)c1cn(C2CC2)c2cc(N3CCNCC3)c(F)cc2c1=O. The zero-order chi connectivity index (χ0) is 19.6. The molecule has 2 fully saturated rings. The Balaban J connectivity index is 0.000000659. The van der Waals surface area contributed by atoms with Crippen molar-refractivity contribution in [2.24, 2.45) is 0 Å². The van der Waals surface area contributed by atoms with E-state index in [1.165, 1.54) is 18.3 Å². The molecule has 0 atom stereocenters. The van der Waals surface area contributed by atoms with Gasteiger partial charge in [0.2, 0.25) is 5.43 Å². The fraction of sp³-hybridized carbons (Fsp3) is 0.389. The van der Waals surface area contributed by atoms with Crippen LogP contribution in [0.2, 0.25) is 0 Å². The van der Waals surface area contributed by atoms with E-state index >= 15 is 0 Å². The molecule has 0 unspecified atom stereocenters. The van der Waals surface area contributed by atoms with Crippen LogP contribution in [0.1, 0.15) is 29.2 Å². The number of carbonyl (C=O) groups is 1. The molecule has 0 radical (unpaired) electrons. The van der Waals surface area contributed by atoms with Gasteiger partial charge >= 0.3 is 5.97 Å². The molecule has 8 nitrogen and oxygen atoms in total. The molecule has 142 valence electrons. The Labute approximate surface area is 154 Å². The third kappa shape index (κ3) is 3.74. The highest BCUT2D eigenvalue weighted by molar-refractivity contribution is 5.93. The second kappa shape index (κ2) is 7.69. The lowest BCUT2D eigenvalue weighted by Gasteiger charge is -2.30. The Morgan fingerprint density at radius 1 is 1.26 bits per heavy atom. The number of carboxylic acid groups (broad SMARTS) is 1. The summed E-state index contributed by atoms with van der Waals surface area (Å²) in [5.41, 5.74) is 0.159. The molecule has 0 bridgehead atoms. The van der Waals surface area contributed by atoms with E-state index < -0.39 is 17.2 Å². The maximum absolute atomic E-state index is 14.6. The molecule has 4 rings (SSSR count). The number of aromatic nitrogens is 1. The van der Waals surface area contributed by atoms with Gasteiger partial charge in [-0.1, -0.05) is 0 Å². The van der Waals surface area contributed by atoms with E-state index in [2.05, 4.69) is 5.32 Å². The minimum absolute atomic E-state index is 0.137. The van der Waals surface area contributed by atoms with E-state index in [1.807, 2.05) is 9.47 Å². The Hall–Kier alpha value is -3.03. The van der Waals surface area contributed by atoms with Gasteiger partial charge < -0.3 is 19.9 Å². The van der Waals surface area contributed by atoms with Crippen LogP contribution in [0.5, 0.6) is 0 Å². The number of nitrogens with zero attached hydrogens (tertiary/aromatic N) is 2. The molecule has 1 aliphatic carbocycles. The van der Waals surface area contributed by atoms with Crippen LogP contribution in [0.15, 0.2) is 23.1 Å². The van der Waals surface area contributed by atoms with Gasteiger partial charge in [0, 0.05) is 43.8 Å². The van der Waals surface area contributed by atoms with E-state index in [-0.39, 0.29) is 17.0 Å². The van der Waals surface area contributed by atoms with Crippen molar-refractivity contribution >= 4 is 28.6 Å².